The first-order valence-corrected chi connectivity index (χ1v) is 13.0. The summed E-state index contributed by atoms with van der Waals surface area (Å²) in [5.41, 5.74) is 0.483. The summed E-state index contributed by atoms with van der Waals surface area (Å²) < 4.78 is 5.45. The Hall–Kier alpha value is -3.55. The Morgan fingerprint density at radius 3 is 2.05 bits per heavy atom. The Morgan fingerprint density at radius 1 is 0.974 bits per heavy atom. The average Bonchev–Trinajstić information content (AvgIpc) is 2.80. The first-order valence-electron chi connectivity index (χ1n) is 13.0. The molecule has 0 saturated heterocycles. The average molecular weight is 526 g/mol. The van der Waals surface area contributed by atoms with Crippen molar-refractivity contribution in [1.82, 2.24) is 10.2 Å². The molecule has 0 fully saturated rings. The van der Waals surface area contributed by atoms with Crippen LogP contribution in [0.2, 0.25) is 0 Å². The van der Waals surface area contributed by atoms with Crippen LogP contribution in [-0.4, -0.2) is 45.1 Å². The zero-order valence-electron chi connectivity index (χ0n) is 24.1. The van der Waals surface area contributed by atoms with Crippen LogP contribution in [0.15, 0.2) is 48.5 Å². The number of ether oxygens (including phenoxy) is 1. The summed E-state index contributed by atoms with van der Waals surface area (Å²) in [5.74, 6) is -1.01. The van der Waals surface area contributed by atoms with E-state index in [9.17, 15) is 19.5 Å². The largest absolute Gasteiger partial charge is 0.508 e. The van der Waals surface area contributed by atoms with Crippen LogP contribution in [0.3, 0.4) is 0 Å². The summed E-state index contributed by atoms with van der Waals surface area (Å²) in [5, 5.41) is 15.6. The Balaban J connectivity index is 2.61. The number of phenolic OH excluding ortho intramolecular Hbond substituents is 1. The summed E-state index contributed by atoms with van der Waals surface area (Å²) >= 11 is 0. The molecule has 0 aromatic heterocycles. The minimum absolute atomic E-state index is 0.0459. The van der Waals surface area contributed by atoms with Crippen molar-refractivity contribution in [1.29, 1.82) is 0 Å². The molecular weight excluding hydrogens is 482 g/mol. The highest BCUT2D eigenvalue weighted by atomic mass is 16.6. The number of benzene rings is 2. The number of hydrogen-bond acceptors (Lipinski definition) is 5. The maximum atomic E-state index is 14.3. The number of para-hydroxylation sites is 1. The van der Waals surface area contributed by atoms with Gasteiger partial charge in [0.05, 0.1) is 0 Å². The minimum atomic E-state index is -1.05. The second-order valence-electron chi connectivity index (χ2n) is 11.7. The first kappa shape index (κ1) is 30.7. The number of hydrogen-bond donors (Lipinski definition) is 3. The van der Waals surface area contributed by atoms with Gasteiger partial charge in [-0.15, -0.1) is 0 Å². The summed E-state index contributed by atoms with van der Waals surface area (Å²) in [4.78, 5) is 42.5. The van der Waals surface area contributed by atoms with Gasteiger partial charge in [0.1, 0.15) is 23.4 Å². The highest BCUT2D eigenvalue weighted by Crippen LogP contribution is 2.33. The van der Waals surface area contributed by atoms with Crippen LogP contribution in [0.25, 0.3) is 0 Å². The smallest absolute Gasteiger partial charge is 0.408 e. The topological polar surface area (TPSA) is 108 Å². The summed E-state index contributed by atoms with van der Waals surface area (Å²) in [6, 6.07) is 11.7. The molecule has 2 aromatic rings. The molecule has 2 aromatic carbocycles. The van der Waals surface area contributed by atoms with Crippen molar-refractivity contribution in [3.8, 4) is 5.75 Å². The molecular formula is C30H43N3O5. The van der Waals surface area contributed by atoms with E-state index in [2.05, 4.69) is 10.6 Å². The lowest BCUT2D eigenvalue weighted by Gasteiger charge is -2.44. The van der Waals surface area contributed by atoms with Gasteiger partial charge in [0.25, 0.3) is 5.91 Å². The van der Waals surface area contributed by atoms with Crippen molar-refractivity contribution in [2.24, 2.45) is 5.92 Å². The molecule has 0 aliphatic carbocycles. The second-order valence-corrected chi connectivity index (χ2v) is 11.7. The first-order chi connectivity index (χ1) is 17.5. The Labute approximate surface area is 226 Å². The molecule has 3 N–H and O–H groups in total. The lowest BCUT2D eigenvalue weighted by molar-refractivity contribution is -0.147. The fourth-order valence-corrected chi connectivity index (χ4v) is 4.10. The van der Waals surface area contributed by atoms with Crippen molar-refractivity contribution >= 4 is 23.6 Å². The molecule has 0 spiro atoms. The van der Waals surface area contributed by atoms with E-state index in [0.29, 0.717) is 17.7 Å². The summed E-state index contributed by atoms with van der Waals surface area (Å²) in [7, 11) is 0. The normalized spacial score (nSPS) is 14.1. The zero-order valence-corrected chi connectivity index (χ0v) is 24.1. The molecule has 0 aliphatic heterocycles. The summed E-state index contributed by atoms with van der Waals surface area (Å²) in [6.07, 6.45) is -0.0840. The van der Waals surface area contributed by atoms with Crippen LogP contribution in [-0.2, 0) is 14.3 Å². The van der Waals surface area contributed by atoms with Gasteiger partial charge >= 0.3 is 6.09 Å². The predicted octanol–water partition coefficient (Wildman–Crippen LogP) is 5.95. The molecule has 8 heteroatoms. The number of anilines is 1. The monoisotopic (exact) mass is 525 g/mol. The molecule has 0 bridgehead atoms. The number of alkyl carbamates (subject to hydrolysis) is 1. The molecule has 3 amide bonds. The van der Waals surface area contributed by atoms with Crippen molar-refractivity contribution < 1.29 is 24.2 Å². The van der Waals surface area contributed by atoms with Gasteiger partial charge in [0, 0.05) is 11.2 Å². The third-order valence-corrected chi connectivity index (χ3v) is 6.23. The second kappa shape index (κ2) is 12.3. The fraction of sp³-hybridized carbons (Fsp3) is 0.500. The SMILES string of the molecule is CCC(C)C(NC(=O)OC(C)(C)C)C(=O)N(C(C(=O)Nc1ccccc1C)c1ccc(O)cc1)C(C)(C)C. The van der Waals surface area contributed by atoms with E-state index in [0.717, 1.165) is 5.56 Å². The number of phenols is 1. The molecule has 0 aliphatic rings. The number of amides is 3. The predicted molar refractivity (Wildman–Crippen MR) is 150 cm³/mol. The van der Waals surface area contributed by atoms with Crippen molar-refractivity contribution in [2.45, 2.75) is 92.0 Å². The fourth-order valence-electron chi connectivity index (χ4n) is 4.10. The van der Waals surface area contributed by atoms with Gasteiger partial charge in [-0.05, 0) is 83.7 Å². The van der Waals surface area contributed by atoms with E-state index in [1.54, 1.807) is 39.0 Å². The number of aromatic hydroxyl groups is 1. The van der Waals surface area contributed by atoms with Crippen molar-refractivity contribution in [2.75, 3.05) is 5.32 Å². The van der Waals surface area contributed by atoms with Gasteiger partial charge in [-0.2, -0.15) is 0 Å². The highest BCUT2D eigenvalue weighted by molar-refractivity contribution is 5.99. The Morgan fingerprint density at radius 2 is 1.55 bits per heavy atom. The maximum Gasteiger partial charge on any atom is 0.408 e. The van der Waals surface area contributed by atoms with Gasteiger partial charge in [0.2, 0.25) is 5.91 Å². The molecule has 0 radical (unpaired) electrons. The van der Waals surface area contributed by atoms with Crippen LogP contribution in [0.5, 0.6) is 5.75 Å². The van der Waals surface area contributed by atoms with Crippen molar-refractivity contribution in [3.05, 3.63) is 59.7 Å². The van der Waals surface area contributed by atoms with Gasteiger partial charge in [-0.3, -0.25) is 9.59 Å². The van der Waals surface area contributed by atoms with Crippen LogP contribution in [0.1, 0.15) is 79.0 Å². The molecule has 0 saturated carbocycles. The van der Waals surface area contributed by atoms with Gasteiger partial charge in [0.15, 0.2) is 0 Å². The van der Waals surface area contributed by atoms with E-state index < -0.39 is 41.1 Å². The van der Waals surface area contributed by atoms with Crippen molar-refractivity contribution in [3.63, 3.8) is 0 Å². The molecule has 3 atom stereocenters. The van der Waals surface area contributed by atoms with Crippen LogP contribution < -0.4 is 10.6 Å². The van der Waals surface area contributed by atoms with Crippen LogP contribution >= 0.6 is 0 Å². The Kier molecular flexibility index (Phi) is 9.95. The van der Waals surface area contributed by atoms with E-state index in [-0.39, 0.29) is 11.7 Å². The van der Waals surface area contributed by atoms with Gasteiger partial charge < -0.3 is 25.4 Å². The van der Waals surface area contributed by atoms with E-state index in [4.69, 9.17) is 4.74 Å². The number of carbonyl (C=O) groups is 3. The zero-order chi connectivity index (χ0) is 28.8. The highest BCUT2D eigenvalue weighted by Gasteiger charge is 2.43. The standard InChI is InChI=1S/C30H43N3O5/c1-10-19(2)24(32-28(37)38-30(7,8)9)27(36)33(29(4,5)6)25(21-15-17-22(34)18-16-21)26(35)31-23-14-12-11-13-20(23)3/h11-19,24-25,34H,10H2,1-9H3,(H,31,35)(H,32,37). The van der Waals surface area contributed by atoms with E-state index >= 15 is 0 Å². The number of carbonyl (C=O) groups excluding carboxylic acids is 3. The number of aryl methyl sites for hydroxylation is 1. The molecule has 8 nitrogen and oxygen atoms in total. The minimum Gasteiger partial charge on any atom is -0.508 e. The third-order valence-electron chi connectivity index (χ3n) is 6.23. The third kappa shape index (κ3) is 8.23. The molecule has 0 heterocycles. The van der Waals surface area contributed by atoms with Gasteiger partial charge in [-0.1, -0.05) is 50.6 Å². The molecule has 208 valence electrons. The summed E-state index contributed by atoms with van der Waals surface area (Å²) in [6.45, 7) is 16.5. The number of nitrogens with one attached hydrogen (secondary N) is 2. The van der Waals surface area contributed by atoms with Gasteiger partial charge in [-0.25, -0.2) is 4.79 Å². The molecule has 3 unspecified atom stereocenters. The van der Waals surface area contributed by atoms with Crippen LogP contribution in [0.4, 0.5) is 10.5 Å². The van der Waals surface area contributed by atoms with Crippen LogP contribution in [0, 0.1) is 12.8 Å². The number of rotatable bonds is 8. The Bertz CT molecular complexity index is 1120. The lowest BCUT2D eigenvalue weighted by atomic mass is 9.91. The maximum absolute atomic E-state index is 14.3. The molecule has 2 rings (SSSR count). The van der Waals surface area contributed by atoms with E-state index in [1.165, 1.54) is 17.0 Å². The molecule has 38 heavy (non-hydrogen) atoms. The quantitative estimate of drug-likeness (QED) is 0.395. The lowest BCUT2D eigenvalue weighted by Crippen LogP contribution is -2.59. The number of nitrogens with zero attached hydrogens (tertiary/aromatic N) is 1. The van der Waals surface area contributed by atoms with E-state index in [1.807, 2.05) is 59.7 Å².